The lowest BCUT2D eigenvalue weighted by atomic mass is 9.53. The van der Waals surface area contributed by atoms with E-state index in [-0.39, 0.29) is 13.2 Å². The van der Waals surface area contributed by atoms with E-state index in [2.05, 4.69) is 274 Å². The Bertz CT molecular complexity index is 2560. The molecule has 0 aliphatic carbocycles. The van der Waals surface area contributed by atoms with Gasteiger partial charge >= 0.3 is 17.2 Å². The van der Waals surface area contributed by atoms with Crippen LogP contribution in [0.5, 0.6) is 0 Å². The number of rotatable bonds is 10. The van der Waals surface area contributed by atoms with Crippen LogP contribution < -0.4 is 0 Å². The molecular weight excluding hydrogens is 1140 g/mol. The van der Waals surface area contributed by atoms with Gasteiger partial charge in [0.2, 0.25) is 0 Å². The smallest absolute Gasteiger partial charge is 0.334 e. The Balaban J connectivity index is 0.00000190. The standard InChI is InChI=1S/C75H116O6.H4O5P2/c1-43-33-47(65(5,6)7)55(48(34-43)66(8,9)10)59-75(60(79-63(78-59)73(29,30)41-76)56-49(67(11,12)13)35-44(2)36-50(56)68(14,15)16)61(57-51(69(17,18)19)37-45(3)38-52(57)70(20,21)22)80-64(74(31,32)42-77)81-62(75)58-53(71(23,24)25)39-46(4)40-54(58)72(26,27)28;1-6(2)5-7(3)4/h33-40,59-64,76-77H,41-42H2,1-32H3;1-4H. The van der Waals surface area contributed by atoms with Crippen molar-refractivity contribution in [1.82, 2.24) is 0 Å². The normalized spacial score (nSPS) is 22.4. The average Bonchev–Trinajstić information content (AvgIpc) is 0.823. The van der Waals surface area contributed by atoms with Crippen molar-refractivity contribution < 1.29 is 53.0 Å². The lowest BCUT2D eigenvalue weighted by Crippen LogP contribution is -2.62. The summed E-state index contributed by atoms with van der Waals surface area (Å²) >= 11 is 0. The van der Waals surface area contributed by atoms with Gasteiger partial charge in [-0.05, 0) is 138 Å². The van der Waals surface area contributed by atoms with Gasteiger partial charge < -0.3 is 48.7 Å². The summed E-state index contributed by atoms with van der Waals surface area (Å²) in [5.74, 6) is 0. The number of benzene rings is 4. The minimum absolute atomic E-state index is 0.185. The van der Waals surface area contributed by atoms with Crippen molar-refractivity contribution in [2.45, 2.75) is 302 Å². The molecule has 2 saturated heterocycles. The van der Waals surface area contributed by atoms with Gasteiger partial charge in [0.1, 0.15) is 24.4 Å². The van der Waals surface area contributed by atoms with Crippen LogP contribution in [0.3, 0.4) is 0 Å². The van der Waals surface area contributed by atoms with Gasteiger partial charge in [-0.25, -0.2) is 4.31 Å². The van der Waals surface area contributed by atoms with Crippen molar-refractivity contribution in [3.63, 3.8) is 0 Å². The van der Waals surface area contributed by atoms with E-state index in [1.54, 1.807) is 0 Å². The third-order valence-electron chi connectivity index (χ3n) is 17.9. The summed E-state index contributed by atoms with van der Waals surface area (Å²) in [6.45, 7) is 73.3. The maximum atomic E-state index is 11.9. The first-order valence-electron chi connectivity index (χ1n) is 31.9. The molecule has 0 aromatic heterocycles. The van der Waals surface area contributed by atoms with Crippen LogP contribution in [0.4, 0.5) is 0 Å². The van der Waals surface area contributed by atoms with Crippen LogP contribution in [0.25, 0.3) is 0 Å². The van der Waals surface area contributed by atoms with E-state index >= 15 is 0 Å². The molecule has 4 aromatic rings. The highest BCUT2D eigenvalue weighted by atomic mass is 31.2. The van der Waals surface area contributed by atoms with Crippen LogP contribution >= 0.6 is 17.2 Å². The number of hydrogen-bond donors (Lipinski definition) is 6. The van der Waals surface area contributed by atoms with Crippen LogP contribution in [0.15, 0.2) is 48.5 Å². The largest absolute Gasteiger partial charge is 0.396 e. The van der Waals surface area contributed by atoms with Gasteiger partial charge in [0, 0.05) is 10.8 Å². The Labute approximate surface area is 536 Å². The fraction of sp³-hybridized carbons (Fsp3) is 0.680. The Hall–Kier alpha value is -2.70. The van der Waals surface area contributed by atoms with E-state index in [1.165, 1.54) is 66.8 Å². The second-order valence-corrected chi connectivity index (χ2v) is 37.4. The molecule has 88 heavy (non-hydrogen) atoms. The van der Waals surface area contributed by atoms with E-state index in [4.69, 9.17) is 38.5 Å². The molecule has 496 valence electrons. The van der Waals surface area contributed by atoms with Crippen molar-refractivity contribution in [3.05, 3.63) is 138 Å². The molecule has 11 nitrogen and oxygen atoms in total. The first-order valence-corrected chi connectivity index (χ1v) is 34.2. The second kappa shape index (κ2) is 25.9. The highest BCUT2D eigenvalue weighted by molar-refractivity contribution is 7.53. The minimum Gasteiger partial charge on any atom is -0.396 e. The molecule has 2 aliphatic rings. The van der Waals surface area contributed by atoms with Gasteiger partial charge in [-0.15, -0.1) is 0 Å². The van der Waals surface area contributed by atoms with E-state index in [1.807, 2.05) is 0 Å². The summed E-state index contributed by atoms with van der Waals surface area (Å²) < 4.78 is 37.5. The van der Waals surface area contributed by atoms with Gasteiger partial charge in [0.05, 0.1) is 18.6 Å². The first kappa shape index (κ1) is 76.0. The molecule has 4 unspecified atom stereocenters. The molecule has 2 heterocycles. The van der Waals surface area contributed by atoms with Gasteiger partial charge in [-0.2, -0.15) is 0 Å². The molecule has 13 heteroatoms. The second-order valence-electron chi connectivity index (χ2n) is 35.7. The zero-order valence-electron chi connectivity index (χ0n) is 60.6. The first-order chi connectivity index (χ1) is 39.4. The fourth-order valence-electron chi connectivity index (χ4n) is 13.4. The molecule has 0 radical (unpaired) electrons. The molecule has 2 aliphatic heterocycles. The Morgan fingerprint density at radius 2 is 0.466 bits per heavy atom. The Morgan fingerprint density at radius 1 is 0.318 bits per heavy atom. The zero-order chi connectivity index (χ0) is 68.0. The highest BCUT2D eigenvalue weighted by Gasteiger charge is 2.71. The molecular formula is C75H120O11P2. The van der Waals surface area contributed by atoms with Crippen LogP contribution in [0.1, 0.15) is 307 Å². The van der Waals surface area contributed by atoms with Crippen LogP contribution in [0.2, 0.25) is 0 Å². The van der Waals surface area contributed by atoms with Crippen molar-refractivity contribution >= 4 is 17.2 Å². The topological polar surface area (TPSA) is 168 Å². The van der Waals surface area contributed by atoms with Crippen LogP contribution in [-0.4, -0.2) is 55.6 Å². The average molecular weight is 1260 g/mol. The molecule has 0 amide bonds. The van der Waals surface area contributed by atoms with Crippen molar-refractivity contribution in [3.8, 4) is 0 Å². The summed E-state index contributed by atoms with van der Waals surface area (Å²) in [6.07, 6.45) is -5.20. The maximum Gasteiger partial charge on any atom is 0.334 e. The van der Waals surface area contributed by atoms with Crippen molar-refractivity contribution in [2.24, 2.45) is 16.2 Å². The van der Waals surface area contributed by atoms with Gasteiger partial charge in [-0.1, -0.05) is 265 Å². The number of aliphatic hydroxyl groups excluding tert-OH is 2. The molecule has 1 spiro atoms. The summed E-state index contributed by atoms with van der Waals surface area (Å²) in [5, 5.41) is 23.8. The number of ether oxygens (including phenoxy) is 4. The fourth-order valence-corrected chi connectivity index (χ4v) is 13.9. The zero-order valence-corrected chi connectivity index (χ0v) is 62.4. The SMILES string of the molecule is Cc1cc(C(C)(C)C)c(C2OC(C(C)(C)CO)OC(c3c(C(C)(C)C)cc(C)cc3C(C)(C)C)C23C(c2c(C(C)(C)C)cc(C)cc2C(C)(C)C)OC(C(C)(C)CO)OC3c2c(C(C)(C)C)cc(C)cc2C(C)(C)C)c(C(C)(C)C)c1.OP(O)OP(O)O. The Morgan fingerprint density at radius 3 is 0.568 bits per heavy atom. The minimum atomic E-state index is -2.61. The van der Waals surface area contributed by atoms with Crippen molar-refractivity contribution in [1.29, 1.82) is 0 Å². The molecule has 2 fully saturated rings. The third kappa shape index (κ3) is 16.1. The summed E-state index contributed by atoms with van der Waals surface area (Å²) in [7, 11) is -5.22. The maximum absolute atomic E-state index is 11.9. The molecule has 4 aromatic carbocycles. The quantitative estimate of drug-likeness (QED) is 0.0837. The number of aryl methyl sites for hydroxylation is 4. The van der Waals surface area contributed by atoms with Gasteiger partial charge in [0.15, 0.2) is 12.6 Å². The summed E-state index contributed by atoms with van der Waals surface area (Å²) in [5.41, 5.74) is 12.4. The van der Waals surface area contributed by atoms with Gasteiger partial charge in [-0.3, -0.25) is 0 Å². The van der Waals surface area contributed by atoms with E-state index in [9.17, 15) is 10.2 Å². The molecule has 4 atom stereocenters. The molecule has 0 saturated carbocycles. The number of aliphatic hydroxyl groups is 2. The lowest BCUT2D eigenvalue weighted by Gasteiger charge is -2.65. The molecule has 6 N–H and O–H groups in total. The Kier molecular flexibility index (Phi) is 22.4. The monoisotopic (exact) mass is 1260 g/mol. The number of hydrogen-bond acceptors (Lipinski definition) is 11. The highest BCUT2D eigenvalue weighted by Crippen LogP contribution is 2.74. The lowest BCUT2D eigenvalue weighted by molar-refractivity contribution is -0.432. The summed E-state index contributed by atoms with van der Waals surface area (Å²) in [6, 6.07) is 19.3. The summed E-state index contributed by atoms with van der Waals surface area (Å²) in [4.78, 5) is 31.3. The van der Waals surface area contributed by atoms with Crippen LogP contribution in [-0.2, 0) is 66.6 Å². The predicted molar refractivity (Wildman–Crippen MR) is 365 cm³/mol. The van der Waals surface area contributed by atoms with E-state index < -0.39 is 114 Å². The third-order valence-corrected chi connectivity index (χ3v) is 19.1. The molecule has 6 rings (SSSR count). The van der Waals surface area contributed by atoms with Crippen LogP contribution in [0, 0.1) is 43.9 Å². The molecule has 0 bridgehead atoms. The van der Waals surface area contributed by atoms with Crippen molar-refractivity contribution in [2.75, 3.05) is 13.2 Å². The van der Waals surface area contributed by atoms with Gasteiger partial charge in [0.25, 0.3) is 0 Å². The van der Waals surface area contributed by atoms with E-state index in [0.717, 1.165) is 22.3 Å². The van der Waals surface area contributed by atoms with E-state index in [0.29, 0.717) is 0 Å². The predicted octanol–water partition coefficient (Wildman–Crippen LogP) is 18.8.